The van der Waals surface area contributed by atoms with Gasteiger partial charge in [0.05, 0.1) is 0 Å². The highest BCUT2D eigenvalue weighted by Gasteiger charge is 2.08. The number of nitrogens with one attached hydrogen (secondary N) is 1. The molecule has 1 heterocycles. The van der Waals surface area contributed by atoms with Crippen LogP contribution in [-0.4, -0.2) is 6.54 Å². The summed E-state index contributed by atoms with van der Waals surface area (Å²) in [5.41, 5.74) is 3.93. The average Bonchev–Trinajstić information content (AvgIpc) is 2.51. The normalized spacial score (nSPS) is 13.2. The summed E-state index contributed by atoms with van der Waals surface area (Å²) in [6.45, 7) is 1.06. The number of benzene rings is 1. The zero-order valence-electron chi connectivity index (χ0n) is 6.93. The van der Waals surface area contributed by atoms with Gasteiger partial charge in [0.25, 0.3) is 0 Å². The lowest BCUT2D eigenvalue weighted by molar-refractivity contribution is 1.10. The van der Waals surface area contributed by atoms with Crippen LogP contribution in [0.4, 0.5) is 5.69 Å². The van der Waals surface area contributed by atoms with Gasteiger partial charge in [-0.25, -0.2) is 0 Å². The molecule has 1 N–H and O–H groups in total. The molecule has 0 saturated carbocycles. The molecule has 1 aromatic rings. The smallest absolute Gasteiger partial charge is 0.0373 e. The van der Waals surface area contributed by atoms with Crippen molar-refractivity contribution in [1.82, 2.24) is 0 Å². The Morgan fingerprint density at radius 3 is 3.25 bits per heavy atom. The molecular formula is C11H11N. The Hall–Kier alpha value is -1.42. The summed E-state index contributed by atoms with van der Waals surface area (Å²) < 4.78 is 0. The molecule has 60 valence electrons. The Kier molecular flexibility index (Phi) is 1.75. The largest absolute Gasteiger partial charge is 0.384 e. The van der Waals surface area contributed by atoms with Crippen molar-refractivity contribution in [2.45, 2.75) is 12.8 Å². The van der Waals surface area contributed by atoms with E-state index in [0.29, 0.717) is 0 Å². The van der Waals surface area contributed by atoms with Crippen LogP contribution >= 0.6 is 0 Å². The van der Waals surface area contributed by atoms with Crippen molar-refractivity contribution in [2.24, 2.45) is 0 Å². The summed E-state index contributed by atoms with van der Waals surface area (Å²) in [7, 11) is 0. The van der Waals surface area contributed by atoms with Crippen molar-refractivity contribution >= 4 is 5.69 Å². The summed E-state index contributed by atoms with van der Waals surface area (Å²) in [4.78, 5) is 0. The minimum absolute atomic E-state index is 0.743. The molecular weight excluding hydrogens is 146 g/mol. The number of fused-ring (bicyclic) bond motifs is 1. The van der Waals surface area contributed by atoms with Crippen molar-refractivity contribution in [3.8, 4) is 12.3 Å². The van der Waals surface area contributed by atoms with Crippen molar-refractivity contribution in [2.75, 3.05) is 11.9 Å². The number of anilines is 1. The maximum Gasteiger partial charge on any atom is 0.0373 e. The van der Waals surface area contributed by atoms with Gasteiger partial charge in [-0.1, -0.05) is 12.1 Å². The lowest BCUT2D eigenvalue weighted by Gasteiger charge is -2.00. The van der Waals surface area contributed by atoms with Crippen LogP contribution < -0.4 is 5.32 Å². The highest BCUT2D eigenvalue weighted by atomic mass is 14.9. The second-order valence-corrected chi connectivity index (χ2v) is 3.05. The molecule has 0 saturated heterocycles. The molecule has 0 aromatic heterocycles. The third-order valence-electron chi connectivity index (χ3n) is 2.19. The van der Waals surface area contributed by atoms with E-state index in [-0.39, 0.29) is 0 Å². The second kappa shape index (κ2) is 2.91. The Morgan fingerprint density at radius 1 is 1.50 bits per heavy atom. The molecule has 1 nitrogen and oxygen atoms in total. The van der Waals surface area contributed by atoms with E-state index < -0.39 is 0 Å². The number of rotatable bonds is 1. The van der Waals surface area contributed by atoms with Gasteiger partial charge < -0.3 is 5.32 Å². The maximum absolute atomic E-state index is 5.24. The molecule has 0 atom stereocenters. The van der Waals surface area contributed by atoms with Gasteiger partial charge in [0.2, 0.25) is 0 Å². The molecule has 0 aliphatic carbocycles. The fourth-order valence-electron chi connectivity index (χ4n) is 1.59. The molecule has 2 rings (SSSR count). The van der Waals surface area contributed by atoms with Crippen LogP contribution in [0.25, 0.3) is 0 Å². The van der Waals surface area contributed by atoms with E-state index in [9.17, 15) is 0 Å². The van der Waals surface area contributed by atoms with Crippen LogP contribution in [0.3, 0.4) is 0 Å². The van der Waals surface area contributed by atoms with Crippen molar-refractivity contribution < 1.29 is 0 Å². The molecule has 0 spiro atoms. The average molecular weight is 157 g/mol. The van der Waals surface area contributed by atoms with E-state index in [4.69, 9.17) is 6.42 Å². The van der Waals surface area contributed by atoms with E-state index in [1.807, 2.05) is 0 Å². The predicted octanol–water partition coefficient (Wildman–Crippen LogP) is 1.83. The van der Waals surface area contributed by atoms with Crippen LogP contribution in [0.1, 0.15) is 11.1 Å². The SMILES string of the molecule is C#CCc1ccc2c(c1)CCN2. The fraction of sp³-hybridized carbons (Fsp3) is 0.273. The van der Waals surface area contributed by atoms with Crippen LogP contribution in [0, 0.1) is 12.3 Å². The molecule has 0 fully saturated rings. The number of hydrogen-bond acceptors (Lipinski definition) is 1. The number of hydrogen-bond donors (Lipinski definition) is 1. The van der Waals surface area contributed by atoms with Gasteiger partial charge >= 0.3 is 0 Å². The first-order chi connectivity index (χ1) is 5.90. The molecule has 1 heteroatoms. The van der Waals surface area contributed by atoms with Crippen molar-refractivity contribution in [3.63, 3.8) is 0 Å². The Balaban J connectivity index is 2.34. The Bertz CT molecular complexity index is 333. The topological polar surface area (TPSA) is 12.0 Å². The molecule has 1 aromatic carbocycles. The van der Waals surface area contributed by atoms with Gasteiger partial charge in [0.1, 0.15) is 0 Å². The maximum atomic E-state index is 5.24. The van der Waals surface area contributed by atoms with Crippen LogP contribution in [-0.2, 0) is 12.8 Å². The van der Waals surface area contributed by atoms with E-state index in [0.717, 1.165) is 19.4 Å². The Morgan fingerprint density at radius 2 is 2.42 bits per heavy atom. The third kappa shape index (κ3) is 1.16. The first-order valence-electron chi connectivity index (χ1n) is 4.19. The minimum atomic E-state index is 0.743. The fourth-order valence-corrected chi connectivity index (χ4v) is 1.59. The summed E-state index contributed by atoms with van der Waals surface area (Å²) >= 11 is 0. The molecule has 0 radical (unpaired) electrons. The van der Waals surface area contributed by atoms with E-state index in [2.05, 4.69) is 29.4 Å². The summed E-state index contributed by atoms with van der Waals surface area (Å²) in [6, 6.07) is 6.42. The summed E-state index contributed by atoms with van der Waals surface area (Å²) in [6.07, 6.45) is 7.12. The molecule has 1 aliphatic rings. The highest BCUT2D eigenvalue weighted by Crippen LogP contribution is 2.22. The first kappa shape index (κ1) is 7.24. The standard InChI is InChI=1S/C11H11N/c1-2-3-9-4-5-11-10(8-9)6-7-12-11/h1,4-5,8,12H,3,6-7H2. The van der Waals surface area contributed by atoms with Crippen LogP contribution in [0.15, 0.2) is 18.2 Å². The number of terminal acetylenes is 1. The van der Waals surface area contributed by atoms with E-state index in [1.54, 1.807) is 0 Å². The molecule has 12 heavy (non-hydrogen) atoms. The van der Waals surface area contributed by atoms with Gasteiger partial charge in [-0.2, -0.15) is 0 Å². The van der Waals surface area contributed by atoms with Gasteiger partial charge in [-0.3, -0.25) is 0 Å². The zero-order valence-corrected chi connectivity index (χ0v) is 6.93. The van der Waals surface area contributed by atoms with Crippen LogP contribution in [0.5, 0.6) is 0 Å². The van der Waals surface area contributed by atoms with Gasteiger partial charge in [-0.15, -0.1) is 12.3 Å². The molecule has 0 amide bonds. The summed E-state index contributed by atoms with van der Waals surface area (Å²) in [5, 5.41) is 3.32. The zero-order chi connectivity index (χ0) is 8.39. The van der Waals surface area contributed by atoms with E-state index in [1.165, 1.54) is 16.8 Å². The second-order valence-electron chi connectivity index (χ2n) is 3.05. The molecule has 1 aliphatic heterocycles. The first-order valence-corrected chi connectivity index (χ1v) is 4.19. The van der Waals surface area contributed by atoms with Gasteiger partial charge in [0.15, 0.2) is 0 Å². The van der Waals surface area contributed by atoms with E-state index >= 15 is 0 Å². The minimum Gasteiger partial charge on any atom is -0.384 e. The predicted molar refractivity (Wildman–Crippen MR) is 51.2 cm³/mol. The lowest BCUT2D eigenvalue weighted by atomic mass is 10.1. The third-order valence-corrected chi connectivity index (χ3v) is 2.19. The summed E-state index contributed by atoms with van der Waals surface area (Å²) in [5.74, 6) is 2.65. The van der Waals surface area contributed by atoms with Crippen LogP contribution in [0.2, 0.25) is 0 Å². The van der Waals surface area contributed by atoms with Gasteiger partial charge in [0, 0.05) is 18.7 Å². The highest BCUT2D eigenvalue weighted by molar-refractivity contribution is 5.56. The van der Waals surface area contributed by atoms with Gasteiger partial charge in [-0.05, 0) is 23.6 Å². The quantitative estimate of drug-likeness (QED) is 0.613. The van der Waals surface area contributed by atoms with Crippen molar-refractivity contribution in [3.05, 3.63) is 29.3 Å². The van der Waals surface area contributed by atoms with Crippen molar-refractivity contribution in [1.29, 1.82) is 0 Å². The molecule has 0 unspecified atom stereocenters. The Labute approximate surface area is 72.8 Å². The lowest BCUT2D eigenvalue weighted by Crippen LogP contribution is -1.90. The monoisotopic (exact) mass is 157 g/mol. The molecule has 0 bridgehead atoms.